The van der Waals surface area contributed by atoms with E-state index >= 15 is 0 Å². The van der Waals surface area contributed by atoms with Crippen LogP contribution in [0.3, 0.4) is 0 Å². The Morgan fingerprint density at radius 3 is 3.17 bits per heavy atom. The average molecular weight is 347 g/mol. The first-order chi connectivity index (χ1) is 11.8. The van der Waals surface area contributed by atoms with Crippen LogP contribution < -0.4 is 5.32 Å². The lowest BCUT2D eigenvalue weighted by atomic mass is 10.2. The normalized spacial score (nSPS) is 19.0. The molecular weight excluding hydrogens is 322 g/mol. The minimum Gasteiger partial charge on any atom is -0.382 e. The number of morpholine rings is 1. The lowest BCUT2D eigenvalue weighted by Crippen LogP contribution is -2.51. The van der Waals surface area contributed by atoms with Crippen molar-refractivity contribution in [2.24, 2.45) is 4.99 Å². The van der Waals surface area contributed by atoms with E-state index in [2.05, 4.69) is 46.8 Å². The summed E-state index contributed by atoms with van der Waals surface area (Å²) >= 11 is 1.78. The summed E-state index contributed by atoms with van der Waals surface area (Å²) in [6.07, 6.45) is 0.106. The summed E-state index contributed by atoms with van der Waals surface area (Å²) in [6, 6.07) is 8.51. The molecule has 130 valence electrons. The molecule has 1 fully saturated rings. The number of ether oxygens (including phenoxy) is 2. The summed E-state index contributed by atoms with van der Waals surface area (Å²) in [5.41, 5.74) is 1.28. The molecule has 0 saturated carbocycles. The zero-order valence-electron chi connectivity index (χ0n) is 14.3. The van der Waals surface area contributed by atoms with E-state index in [9.17, 15) is 0 Å². The molecule has 1 aliphatic heterocycles. The summed E-state index contributed by atoms with van der Waals surface area (Å²) in [5, 5.41) is 6.93. The van der Waals surface area contributed by atoms with E-state index in [1.165, 1.54) is 15.6 Å². The molecule has 1 atom stereocenters. The van der Waals surface area contributed by atoms with Gasteiger partial charge in [-0.1, -0.05) is 18.2 Å². The minimum atomic E-state index is 0.106. The molecule has 0 bridgehead atoms. The Hall–Kier alpha value is -1.63. The van der Waals surface area contributed by atoms with Crippen molar-refractivity contribution in [3.05, 3.63) is 35.2 Å². The van der Waals surface area contributed by atoms with Crippen molar-refractivity contribution in [2.45, 2.75) is 19.6 Å². The highest BCUT2D eigenvalue weighted by atomic mass is 32.1. The number of thiophene rings is 1. The average Bonchev–Trinajstić information content (AvgIpc) is 3.02. The van der Waals surface area contributed by atoms with Crippen molar-refractivity contribution in [1.82, 2.24) is 10.2 Å². The number of benzene rings is 1. The molecular formula is C18H25N3O2S. The van der Waals surface area contributed by atoms with Gasteiger partial charge in [0.15, 0.2) is 5.96 Å². The van der Waals surface area contributed by atoms with Crippen molar-refractivity contribution in [2.75, 3.05) is 40.0 Å². The fourth-order valence-electron chi connectivity index (χ4n) is 2.94. The lowest BCUT2D eigenvalue weighted by Gasteiger charge is -2.34. The van der Waals surface area contributed by atoms with Crippen molar-refractivity contribution in [1.29, 1.82) is 0 Å². The molecule has 24 heavy (non-hydrogen) atoms. The van der Waals surface area contributed by atoms with Gasteiger partial charge >= 0.3 is 0 Å². The van der Waals surface area contributed by atoms with E-state index in [1.54, 1.807) is 18.4 Å². The van der Waals surface area contributed by atoms with Crippen molar-refractivity contribution in [3.63, 3.8) is 0 Å². The summed E-state index contributed by atoms with van der Waals surface area (Å²) in [6.45, 7) is 6.64. The van der Waals surface area contributed by atoms with Crippen molar-refractivity contribution >= 4 is 27.4 Å². The number of hydrogen-bond donors (Lipinski definition) is 1. The number of nitrogens with zero attached hydrogens (tertiary/aromatic N) is 2. The highest BCUT2D eigenvalue weighted by Crippen LogP contribution is 2.26. The minimum absolute atomic E-state index is 0.106. The first-order valence-corrected chi connectivity index (χ1v) is 9.28. The van der Waals surface area contributed by atoms with Crippen LogP contribution in [0.1, 0.15) is 12.5 Å². The van der Waals surface area contributed by atoms with E-state index in [1.807, 2.05) is 0 Å². The maximum Gasteiger partial charge on any atom is 0.194 e. The predicted molar refractivity (Wildman–Crippen MR) is 99.8 cm³/mol. The van der Waals surface area contributed by atoms with Crippen LogP contribution in [0.4, 0.5) is 0 Å². The van der Waals surface area contributed by atoms with Crippen LogP contribution in [0.15, 0.2) is 34.6 Å². The molecule has 1 aromatic heterocycles. The Bertz CT molecular complexity index is 684. The maximum absolute atomic E-state index is 5.74. The molecule has 1 aliphatic rings. The maximum atomic E-state index is 5.74. The second-order valence-corrected chi connectivity index (χ2v) is 6.73. The van der Waals surface area contributed by atoms with Gasteiger partial charge in [0.25, 0.3) is 0 Å². The zero-order valence-corrected chi connectivity index (χ0v) is 15.1. The predicted octanol–water partition coefficient (Wildman–Crippen LogP) is 2.71. The highest BCUT2D eigenvalue weighted by Gasteiger charge is 2.22. The lowest BCUT2D eigenvalue weighted by molar-refractivity contribution is -0.0447. The van der Waals surface area contributed by atoms with Crippen LogP contribution >= 0.6 is 11.3 Å². The number of hydrogen-bond acceptors (Lipinski definition) is 4. The number of aliphatic imine (C=N–C) groups is 1. The van der Waals surface area contributed by atoms with E-state index in [4.69, 9.17) is 14.5 Å². The summed E-state index contributed by atoms with van der Waals surface area (Å²) in [5.74, 6) is 0.956. The molecule has 2 heterocycles. The van der Waals surface area contributed by atoms with E-state index in [0.29, 0.717) is 19.8 Å². The summed E-state index contributed by atoms with van der Waals surface area (Å²) in [7, 11) is 1.71. The van der Waals surface area contributed by atoms with Crippen LogP contribution in [-0.2, 0) is 16.0 Å². The number of guanidine groups is 1. The molecule has 6 heteroatoms. The molecule has 0 spiro atoms. The molecule has 5 nitrogen and oxygen atoms in total. The standard InChI is InChI=1S/C18H25N3O2S/c1-3-19-18(21-8-9-23-15(11-21)12-22-2)20-10-14-13-24-17-7-5-4-6-16(14)17/h4-7,13,15H,3,8-12H2,1-2H3,(H,19,20). The van der Waals surface area contributed by atoms with Crippen LogP contribution in [-0.4, -0.2) is 56.9 Å². The first-order valence-electron chi connectivity index (χ1n) is 8.40. The van der Waals surface area contributed by atoms with Crippen LogP contribution in [0.5, 0.6) is 0 Å². The largest absolute Gasteiger partial charge is 0.382 e. The summed E-state index contributed by atoms with van der Waals surface area (Å²) in [4.78, 5) is 7.14. The molecule has 1 N–H and O–H groups in total. The van der Waals surface area contributed by atoms with Crippen LogP contribution in [0, 0.1) is 0 Å². The van der Waals surface area contributed by atoms with E-state index in [-0.39, 0.29) is 6.10 Å². The Kier molecular flexibility index (Phi) is 6.07. The monoisotopic (exact) mass is 347 g/mol. The van der Waals surface area contributed by atoms with Gasteiger partial charge in [-0.25, -0.2) is 4.99 Å². The van der Waals surface area contributed by atoms with Crippen LogP contribution in [0.2, 0.25) is 0 Å². The van der Waals surface area contributed by atoms with Gasteiger partial charge in [-0.05, 0) is 29.3 Å². The van der Waals surface area contributed by atoms with Gasteiger partial charge in [0.05, 0.1) is 25.9 Å². The smallest absolute Gasteiger partial charge is 0.194 e. The fourth-order valence-corrected chi connectivity index (χ4v) is 3.89. The molecule has 0 amide bonds. The zero-order chi connectivity index (χ0) is 16.8. The van der Waals surface area contributed by atoms with Crippen molar-refractivity contribution < 1.29 is 9.47 Å². The second-order valence-electron chi connectivity index (χ2n) is 5.82. The second kappa shape index (κ2) is 8.46. The Morgan fingerprint density at radius 2 is 2.33 bits per heavy atom. The van der Waals surface area contributed by atoms with E-state index in [0.717, 1.165) is 25.6 Å². The quantitative estimate of drug-likeness (QED) is 0.667. The molecule has 1 unspecified atom stereocenters. The van der Waals surface area contributed by atoms with Crippen LogP contribution in [0.25, 0.3) is 10.1 Å². The Balaban J connectivity index is 1.73. The third-order valence-corrected chi connectivity index (χ3v) is 5.10. The van der Waals surface area contributed by atoms with Gasteiger partial charge in [-0.2, -0.15) is 0 Å². The number of methoxy groups -OCH3 is 1. The van der Waals surface area contributed by atoms with Gasteiger partial charge < -0.3 is 19.7 Å². The molecule has 1 saturated heterocycles. The molecule has 1 aromatic carbocycles. The van der Waals surface area contributed by atoms with Crippen molar-refractivity contribution in [3.8, 4) is 0 Å². The van der Waals surface area contributed by atoms with Gasteiger partial charge in [0.1, 0.15) is 0 Å². The number of rotatable bonds is 5. The van der Waals surface area contributed by atoms with Gasteiger partial charge in [-0.15, -0.1) is 11.3 Å². The first kappa shape index (κ1) is 17.2. The van der Waals surface area contributed by atoms with E-state index < -0.39 is 0 Å². The number of fused-ring (bicyclic) bond motifs is 1. The molecule has 3 rings (SSSR count). The number of nitrogens with one attached hydrogen (secondary N) is 1. The fraction of sp³-hybridized carbons (Fsp3) is 0.500. The Labute approximate surface area is 147 Å². The molecule has 2 aromatic rings. The highest BCUT2D eigenvalue weighted by molar-refractivity contribution is 7.17. The summed E-state index contributed by atoms with van der Waals surface area (Å²) < 4.78 is 12.3. The van der Waals surface area contributed by atoms with Gasteiger partial charge in [0, 0.05) is 31.4 Å². The topological polar surface area (TPSA) is 46.1 Å². The molecule has 0 radical (unpaired) electrons. The third-order valence-electron chi connectivity index (χ3n) is 4.09. The Morgan fingerprint density at radius 1 is 1.46 bits per heavy atom. The molecule has 0 aliphatic carbocycles. The van der Waals surface area contributed by atoms with Gasteiger partial charge in [-0.3, -0.25) is 0 Å². The SMILES string of the molecule is CCNC(=NCc1csc2ccccc12)N1CCOC(COC)C1. The third kappa shape index (κ3) is 4.06. The van der Waals surface area contributed by atoms with Gasteiger partial charge in [0.2, 0.25) is 0 Å².